The highest BCUT2D eigenvalue weighted by Gasteiger charge is 2.21. The van der Waals surface area contributed by atoms with Gasteiger partial charge >= 0.3 is 0 Å². The molecule has 24 heavy (non-hydrogen) atoms. The molecule has 1 atom stereocenters. The van der Waals surface area contributed by atoms with E-state index in [9.17, 15) is 4.79 Å². The minimum absolute atomic E-state index is 0.00840. The Bertz CT molecular complexity index is 541. The predicted molar refractivity (Wildman–Crippen MR) is 91.4 cm³/mol. The number of ether oxygens (including phenoxy) is 2. The highest BCUT2D eigenvalue weighted by Crippen LogP contribution is 2.22. The van der Waals surface area contributed by atoms with Crippen molar-refractivity contribution >= 4 is 23.6 Å². The standard InChI is InChI=1S/C15H25N5O3S/c1-2-20-14(19-5-8-22-9-6-19)17-18-15(20)24-11-13(21)16-10-12-4-3-7-23-12/h12H,2-11H2,1H3,(H,16,21)/t12-/m0/s1. The first-order valence-corrected chi connectivity index (χ1v) is 9.53. The maximum absolute atomic E-state index is 12.0. The third-order valence-corrected chi connectivity index (χ3v) is 5.16. The second-order valence-electron chi connectivity index (χ2n) is 5.85. The van der Waals surface area contributed by atoms with Crippen LogP contribution in [0.15, 0.2) is 5.16 Å². The molecule has 1 N–H and O–H groups in total. The Morgan fingerprint density at radius 2 is 2.17 bits per heavy atom. The molecule has 0 radical (unpaired) electrons. The van der Waals surface area contributed by atoms with Crippen molar-refractivity contribution in [3.63, 3.8) is 0 Å². The first kappa shape index (κ1) is 17.5. The summed E-state index contributed by atoms with van der Waals surface area (Å²) in [4.78, 5) is 14.2. The Labute approximate surface area is 146 Å². The van der Waals surface area contributed by atoms with Gasteiger partial charge in [-0.05, 0) is 19.8 Å². The summed E-state index contributed by atoms with van der Waals surface area (Å²) in [6.45, 7) is 7.32. The number of morpholine rings is 1. The first-order chi connectivity index (χ1) is 11.8. The molecule has 1 aromatic heterocycles. The maximum atomic E-state index is 12.0. The van der Waals surface area contributed by atoms with Gasteiger partial charge in [-0.15, -0.1) is 10.2 Å². The number of amides is 1. The van der Waals surface area contributed by atoms with E-state index in [1.807, 2.05) is 0 Å². The lowest BCUT2D eigenvalue weighted by molar-refractivity contribution is -0.119. The van der Waals surface area contributed by atoms with Crippen LogP contribution in [0.4, 0.5) is 5.95 Å². The molecule has 9 heteroatoms. The molecule has 2 fully saturated rings. The van der Waals surface area contributed by atoms with Crippen LogP contribution in [0.25, 0.3) is 0 Å². The lowest BCUT2D eigenvalue weighted by Crippen LogP contribution is -2.38. The molecule has 0 aromatic carbocycles. The predicted octanol–water partition coefficient (Wildman–Crippen LogP) is 0.522. The van der Waals surface area contributed by atoms with Crippen molar-refractivity contribution < 1.29 is 14.3 Å². The summed E-state index contributed by atoms with van der Waals surface area (Å²) in [7, 11) is 0. The molecule has 3 rings (SSSR count). The van der Waals surface area contributed by atoms with E-state index in [-0.39, 0.29) is 12.0 Å². The molecule has 0 bridgehead atoms. The van der Waals surface area contributed by atoms with Crippen LogP contribution in [0.1, 0.15) is 19.8 Å². The molecule has 2 aliphatic rings. The molecule has 1 aromatic rings. The molecule has 0 aliphatic carbocycles. The molecule has 8 nitrogen and oxygen atoms in total. The van der Waals surface area contributed by atoms with Gasteiger partial charge in [-0.2, -0.15) is 0 Å². The molecular weight excluding hydrogens is 330 g/mol. The van der Waals surface area contributed by atoms with Crippen molar-refractivity contribution in [3.05, 3.63) is 0 Å². The van der Waals surface area contributed by atoms with Gasteiger partial charge in [-0.3, -0.25) is 9.36 Å². The molecular formula is C15H25N5O3S. The fourth-order valence-electron chi connectivity index (χ4n) is 2.88. The summed E-state index contributed by atoms with van der Waals surface area (Å²) in [6.07, 6.45) is 2.28. The molecule has 0 unspecified atom stereocenters. The molecule has 134 valence electrons. The minimum atomic E-state index is 0.00840. The normalized spacial score (nSPS) is 21.2. The molecule has 0 spiro atoms. The fraction of sp³-hybridized carbons (Fsp3) is 0.800. The number of hydrogen-bond acceptors (Lipinski definition) is 7. The number of nitrogens with one attached hydrogen (secondary N) is 1. The third-order valence-electron chi connectivity index (χ3n) is 4.19. The smallest absolute Gasteiger partial charge is 0.230 e. The van der Waals surface area contributed by atoms with Crippen LogP contribution in [-0.2, 0) is 20.8 Å². The topological polar surface area (TPSA) is 81.5 Å². The van der Waals surface area contributed by atoms with Gasteiger partial charge in [0.25, 0.3) is 0 Å². The fourth-order valence-corrected chi connectivity index (χ4v) is 3.70. The van der Waals surface area contributed by atoms with Gasteiger partial charge in [-0.25, -0.2) is 0 Å². The summed E-state index contributed by atoms with van der Waals surface area (Å²) in [5.74, 6) is 1.21. The number of nitrogens with zero attached hydrogens (tertiary/aromatic N) is 4. The summed E-state index contributed by atoms with van der Waals surface area (Å²) in [6, 6.07) is 0. The zero-order chi connectivity index (χ0) is 16.8. The van der Waals surface area contributed by atoms with Gasteiger partial charge in [0.05, 0.1) is 25.1 Å². The highest BCUT2D eigenvalue weighted by molar-refractivity contribution is 7.99. The van der Waals surface area contributed by atoms with E-state index in [4.69, 9.17) is 9.47 Å². The number of rotatable bonds is 7. The maximum Gasteiger partial charge on any atom is 0.230 e. The van der Waals surface area contributed by atoms with Crippen molar-refractivity contribution in [1.29, 1.82) is 0 Å². The van der Waals surface area contributed by atoms with E-state index < -0.39 is 0 Å². The van der Waals surface area contributed by atoms with Gasteiger partial charge in [0.1, 0.15) is 0 Å². The molecule has 2 aliphatic heterocycles. The molecule has 1 amide bonds. The van der Waals surface area contributed by atoms with Gasteiger partial charge in [0.15, 0.2) is 5.16 Å². The lowest BCUT2D eigenvalue weighted by atomic mass is 10.2. The average molecular weight is 355 g/mol. The van der Waals surface area contributed by atoms with E-state index in [0.717, 1.165) is 50.2 Å². The monoisotopic (exact) mass is 355 g/mol. The second-order valence-corrected chi connectivity index (χ2v) is 6.80. The van der Waals surface area contributed by atoms with Crippen LogP contribution in [0.3, 0.4) is 0 Å². The number of carbonyl (C=O) groups excluding carboxylic acids is 1. The van der Waals surface area contributed by atoms with Gasteiger partial charge < -0.3 is 19.7 Å². The quantitative estimate of drug-likeness (QED) is 0.714. The summed E-state index contributed by atoms with van der Waals surface area (Å²) < 4.78 is 13.0. The van der Waals surface area contributed by atoms with Crippen molar-refractivity contribution in [1.82, 2.24) is 20.1 Å². The van der Waals surface area contributed by atoms with E-state index in [1.54, 1.807) is 0 Å². The number of carbonyl (C=O) groups is 1. The Kier molecular flexibility index (Phi) is 6.33. The summed E-state index contributed by atoms with van der Waals surface area (Å²) >= 11 is 1.43. The Morgan fingerprint density at radius 3 is 2.88 bits per heavy atom. The van der Waals surface area contributed by atoms with Crippen molar-refractivity contribution in [2.24, 2.45) is 0 Å². The van der Waals surface area contributed by atoms with Crippen molar-refractivity contribution in [2.45, 2.75) is 37.6 Å². The van der Waals surface area contributed by atoms with E-state index in [0.29, 0.717) is 25.5 Å². The molecule has 3 heterocycles. The van der Waals surface area contributed by atoms with Crippen molar-refractivity contribution in [2.75, 3.05) is 50.1 Å². The third kappa shape index (κ3) is 4.40. The largest absolute Gasteiger partial charge is 0.378 e. The van der Waals surface area contributed by atoms with Gasteiger partial charge in [0.2, 0.25) is 11.9 Å². The lowest BCUT2D eigenvalue weighted by Gasteiger charge is -2.27. The second kappa shape index (κ2) is 8.68. The number of thioether (sulfide) groups is 1. The van der Waals surface area contributed by atoms with Crippen LogP contribution < -0.4 is 10.2 Å². The number of aromatic nitrogens is 3. The highest BCUT2D eigenvalue weighted by atomic mass is 32.2. The Morgan fingerprint density at radius 1 is 1.33 bits per heavy atom. The number of anilines is 1. The van der Waals surface area contributed by atoms with E-state index in [1.165, 1.54) is 11.8 Å². The summed E-state index contributed by atoms with van der Waals surface area (Å²) in [5, 5.41) is 12.3. The van der Waals surface area contributed by atoms with Gasteiger partial charge in [0, 0.05) is 32.8 Å². The first-order valence-electron chi connectivity index (χ1n) is 8.55. The number of hydrogen-bond donors (Lipinski definition) is 1. The van der Waals surface area contributed by atoms with E-state index >= 15 is 0 Å². The zero-order valence-electron chi connectivity index (χ0n) is 14.1. The zero-order valence-corrected chi connectivity index (χ0v) is 14.9. The molecule has 2 saturated heterocycles. The van der Waals surface area contributed by atoms with Crippen molar-refractivity contribution in [3.8, 4) is 0 Å². The van der Waals surface area contributed by atoms with Crippen LogP contribution in [0, 0.1) is 0 Å². The average Bonchev–Trinajstić information content (AvgIpc) is 3.28. The minimum Gasteiger partial charge on any atom is -0.378 e. The van der Waals surface area contributed by atoms with Gasteiger partial charge in [-0.1, -0.05) is 11.8 Å². The van der Waals surface area contributed by atoms with Crippen LogP contribution in [0.5, 0.6) is 0 Å². The Hall–Kier alpha value is -1.32. The van der Waals surface area contributed by atoms with Crippen LogP contribution in [0.2, 0.25) is 0 Å². The SMILES string of the molecule is CCn1c(SCC(=O)NC[C@@H]2CCCO2)nnc1N1CCOCC1. The Balaban J connectivity index is 1.50. The van der Waals surface area contributed by atoms with Crippen LogP contribution >= 0.6 is 11.8 Å². The summed E-state index contributed by atoms with van der Waals surface area (Å²) in [5.41, 5.74) is 0. The van der Waals surface area contributed by atoms with Crippen LogP contribution in [-0.4, -0.2) is 72.0 Å². The molecule has 0 saturated carbocycles. The van der Waals surface area contributed by atoms with E-state index in [2.05, 4.69) is 31.9 Å².